The monoisotopic (exact) mass is 372 g/mol. The Labute approximate surface area is 160 Å². The quantitative estimate of drug-likeness (QED) is 0.879. The number of aliphatic hydroxyl groups is 1. The maximum Gasteiger partial charge on any atom is 0.256 e. The lowest BCUT2D eigenvalue weighted by atomic mass is 9.72. The van der Waals surface area contributed by atoms with Crippen molar-refractivity contribution in [1.82, 2.24) is 9.80 Å². The molecule has 27 heavy (non-hydrogen) atoms. The van der Waals surface area contributed by atoms with Crippen LogP contribution in [0.4, 0.5) is 0 Å². The van der Waals surface area contributed by atoms with Gasteiger partial charge in [-0.3, -0.25) is 9.59 Å². The summed E-state index contributed by atoms with van der Waals surface area (Å²) >= 11 is 0. The Morgan fingerprint density at radius 1 is 1.19 bits per heavy atom. The number of benzene rings is 1. The van der Waals surface area contributed by atoms with Crippen LogP contribution in [0.2, 0.25) is 0 Å². The first-order chi connectivity index (χ1) is 13.0. The van der Waals surface area contributed by atoms with E-state index in [2.05, 4.69) is 4.90 Å². The topological polar surface area (TPSA) is 70.1 Å². The zero-order valence-electron chi connectivity index (χ0n) is 15.9. The first-order valence-electron chi connectivity index (χ1n) is 9.92. The van der Waals surface area contributed by atoms with E-state index in [0.717, 1.165) is 38.6 Å². The first-order valence-corrected chi connectivity index (χ1v) is 9.92. The third-order valence-corrected chi connectivity index (χ3v) is 6.48. The molecule has 0 bridgehead atoms. The zero-order valence-corrected chi connectivity index (χ0v) is 15.9. The molecule has 1 aromatic carbocycles. The molecule has 0 aromatic heterocycles. The fourth-order valence-corrected chi connectivity index (χ4v) is 4.47. The Hall–Kier alpha value is -2.08. The standard InChI is InChI=1S/C21H28N2O4/c1-27-17-6-2-15(3-7-17)19(25)20(26)22-12-10-21(11-13-22)9-8-18(24)23(14-21)16-4-5-16/h2-3,6-7,16,19,25H,4-5,8-14H2,1H3. The highest BCUT2D eigenvalue weighted by atomic mass is 16.5. The minimum Gasteiger partial charge on any atom is -0.497 e. The van der Waals surface area contributed by atoms with Crippen molar-refractivity contribution in [2.75, 3.05) is 26.7 Å². The van der Waals surface area contributed by atoms with E-state index in [1.54, 1.807) is 36.3 Å². The second-order valence-electron chi connectivity index (χ2n) is 8.25. The SMILES string of the molecule is COc1ccc(C(O)C(=O)N2CCC3(CCC(=O)N(C4CC4)C3)CC2)cc1. The number of piperidine rings is 2. The molecule has 6 nitrogen and oxygen atoms in total. The first kappa shape index (κ1) is 18.3. The van der Waals surface area contributed by atoms with E-state index in [1.807, 2.05) is 0 Å². The van der Waals surface area contributed by atoms with Gasteiger partial charge in [-0.05, 0) is 55.2 Å². The number of hydrogen-bond donors (Lipinski definition) is 1. The number of methoxy groups -OCH3 is 1. The number of carbonyl (C=O) groups excluding carboxylic acids is 2. The Balaban J connectivity index is 1.36. The third-order valence-electron chi connectivity index (χ3n) is 6.48. The normalized spacial score (nSPS) is 23.4. The van der Waals surface area contributed by atoms with Gasteiger partial charge in [0.1, 0.15) is 5.75 Å². The fraction of sp³-hybridized carbons (Fsp3) is 0.619. The van der Waals surface area contributed by atoms with Gasteiger partial charge in [-0.25, -0.2) is 0 Å². The van der Waals surface area contributed by atoms with Crippen LogP contribution in [0.3, 0.4) is 0 Å². The number of hydrogen-bond acceptors (Lipinski definition) is 4. The second kappa shape index (κ2) is 7.15. The highest BCUT2D eigenvalue weighted by molar-refractivity contribution is 5.82. The highest BCUT2D eigenvalue weighted by Gasteiger charge is 2.45. The maximum atomic E-state index is 12.7. The van der Waals surface area contributed by atoms with Crippen LogP contribution in [0.5, 0.6) is 5.75 Å². The molecule has 2 saturated heterocycles. The van der Waals surface area contributed by atoms with Crippen molar-refractivity contribution in [1.29, 1.82) is 0 Å². The lowest BCUT2D eigenvalue weighted by Gasteiger charge is -2.47. The summed E-state index contributed by atoms with van der Waals surface area (Å²) in [5.41, 5.74) is 0.738. The van der Waals surface area contributed by atoms with Gasteiger partial charge in [-0.2, -0.15) is 0 Å². The van der Waals surface area contributed by atoms with Crippen LogP contribution in [-0.2, 0) is 9.59 Å². The van der Waals surface area contributed by atoms with Gasteiger partial charge >= 0.3 is 0 Å². The van der Waals surface area contributed by atoms with E-state index in [1.165, 1.54) is 0 Å². The Kier molecular flexibility index (Phi) is 4.84. The number of rotatable bonds is 4. The number of aliphatic hydroxyl groups excluding tert-OH is 1. The molecule has 2 aliphatic heterocycles. The Morgan fingerprint density at radius 2 is 1.85 bits per heavy atom. The molecule has 1 saturated carbocycles. The molecule has 1 spiro atoms. The molecule has 1 aliphatic carbocycles. The predicted molar refractivity (Wildman–Crippen MR) is 100 cm³/mol. The maximum absolute atomic E-state index is 12.7. The molecule has 6 heteroatoms. The van der Waals surface area contributed by atoms with Gasteiger partial charge in [-0.15, -0.1) is 0 Å². The van der Waals surface area contributed by atoms with Crippen LogP contribution in [0.25, 0.3) is 0 Å². The molecule has 1 atom stereocenters. The van der Waals surface area contributed by atoms with Gasteiger partial charge in [0.15, 0.2) is 6.10 Å². The average molecular weight is 372 g/mol. The van der Waals surface area contributed by atoms with Crippen LogP contribution >= 0.6 is 0 Å². The van der Waals surface area contributed by atoms with Gasteiger partial charge < -0.3 is 19.6 Å². The van der Waals surface area contributed by atoms with Crippen LogP contribution in [-0.4, -0.2) is 59.5 Å². The summed E-state index contributed by atoms with van der Waals surface area (Å²) in [6, 6.07) is 7.43. The highest BCUT2D eigenvalue weighted by Crippen LogP contribution is 2.43. The molecule has 1 N–H and O–H groups in total. The lowest BCUT2D eigenvalue weighted by Crippen LogP contribution is -2.53. The summed E-state index contributed by atoms with van der Waals surface area (Å²) in [4.78, 5) is 28.8. The smallest absolute Gasteiger partial charge is 0.256 e. The average Bonchev–Trinajstić information content (AvgIpc) is 3.55. The Morgan fingerprint density at radius 3 is 2.44 bits per heavy atom. The fourth-order valence-electron chi connectivity index (χ4n) is 4.47. The van der Waals surface area contributed by atoms with Crippen molar-refractivity contribution in [2.24, 2.45) is 5.41 Å². The molecular weight excluding hydrogens is 344 g/mol. The number of amides is 2. The minimum absolute atomic E-state index is 0.151. The molecule has 2 amide bonds. The summed E-state index contributed by atoms with van der Waals surface area (Å²) in [5.74, 6) is 0.767. The van der Waals surface area contributed by atoms with E-state index >= 15 is 0 Å². The van der Waals surface area contributed by atoms with Crippen LogP contribution in [0, 0.1) is 5.41 Å². The molecule has 2 heterocycles. The van der Waals surface area contributed by atoms with E-state index in [9.17, 15) is 14.7 Å². The molecule has 146 valence electrons. The third kappa shape index (κ3) is 3.68. The summed E-state index contributed by atoms with van der Waals surface area (Å²) < 4.78 is 5.12. The number of carbonyl (C=O) groups is 2. The van der Waals surface area contributed by atoms with Crippen molar-refractivity contribution in [3.8, 4) is 5.75 Å². The molecule has 1 aromatic rings. The van der Waals surface area contributed by atoms with Crippen molar-refractivity contribution >= 4 is 11.8 Å². The zero-order chi connectivity index (χ0) is 19.0. The van der Waals surface area contributed by atoms with Gasteiger partial charge in [0.05, 0.1) is 7.11 Å². The lowest BCUT2D eigenvalue weighted by molar-refractivity contribution is -0.147. The van der Waals surface area contributed by atoms with Crippen LogP contribution < -0.4 is 4.74 Å². The summed E-state index contributed by atoms with van der Waals surface area (Å²) in [7, 11) is 1.59. The van der Waals surface area contributed by atoms with Crippen molar-refractivity contribution in [3.05, 3.63) is 29.8 Å². The number of ether oxygens (including phenoxy) is 1. The molecule has 1 unspecified atom stereocenters. The van der Waals surface area contributed by atoms with E-state index in [4.69, 9.17) is 4.74 Å². The molecule has 4 rings (SSSR count). The molecule has 0 radical (unpaired) electrons. The Bertz CT molecular complexity index is 705. The molecule has 3 aliphatic rings. The predicted octanol–water partition coefficient (Wildman–Crippen LogP) is 2.12. The van der Waals surface area contributed by atoms with E-state index in [-0.39, 0.29) is 11.3 Å². The van der Waals surface area contributed by atoms with Gasteiger partial charge in [0, 0.05) is 32.1 Å². The van der Waals surface area contributed by atoms with Crippen LogP contribution in [0.15, 0.2) is 24.3 Å². The van der Waals surface area contributed by atoms with Gasteiger partial charge in [0.2, 0.25) is 5.91 Å². The number of nitrogens with zero attached hydrogens (tertiary/aromatic N) is 2. The van der Waals surface area contributed by atoms with Crippen molar-refractivity contribution in [2.45, 2.75) is 50.7 Å². The van der Waals surface area contributed by atoms with E-state index in [0.29, 0.717) is 42.8 Å². The van der Waals surface area contributed by atoms with Gasteiger partial charge in [-0.1, -0.05) is 12.1 Å². The summed E-state index contributed by atoms with van der Waals surface area (Å²) in [5, 5.41) is 10.5. The minimum atomic E-state index is -1.14. The second-order valence-corrected chi connectivity index (χ2v) is 8.25. The largest absolute Gasteiger partial charge is 0.497 e. The van der Waals surface area contributed by atoms with Crippen molar-refractivity contribution < 1.29 is 19.4 Å². The van der Waals surface area contributed by atoms with Crippen molar-refractivity contribution in [3.63, 3.8) is 0 Å². The number of likely N-dealkylation sites (tertiary alicyclic amines) is 2. The summed E-state index contributed by atoms with van der Waals surface area (Å²) in [6.45, 7) is 2.15. The van der Waals surface area contributed by atoms with Gasteiger partial charge in [0.25, 0.3) is 5.91 Å². The van der Waals surface area contributed by atoms with E-state index < -0.39 is 6.10 Å². The van der Waals surface area contributed by atoms with Crippen LogP contribution in [0.1, 0.15) is 50.2 Å². The summed E-state index contributed by atoms with van der Waals surface area (Å²) in [6.07, 6.45) is 4.52. The molecule has 3 fully saturated rings. The molecular formula is C21H28N2O4.